The molecule has 2 heterocycles. The van der Waals surface area contributed by atoms with Crippen molar-refractivity contribution in [3.05, 3.63) is 33.9 Å². The predicted octanol–water partition coefficient (Wildman–Crippen LogP) is 2.07. The number of ether oxygens (including phenoxy) is 2. The Bertz CT molecular complexity index is 658. The lowest BCUT2D eigenvalue weighted by atomic mass is 10.0. The maximum atomic E-state index is 13.2. The summed E-state index contributed by atoms with van der Waals surface area (Å²) in [6, 6.07) is 4.54. The minimum Gasteiger partial charge on any atom is -0.378 e. The number of carbonyl (C=O) groups is 1. The molecule has 0 aromatic heterocycles. The molecular formula is C18H25N3O5. The average molecular weight is 363 g/mol. The summed E-state index contributed by atoms with van der Waals surface area (Å²) in [5.74, 6) is -0.167. The minimum absolute atomic E-state index is 0.0308. The van der Waals surface area contributed by atoms with Crippen molar-refractivity contribution in [3.63, 3.8) is 0 Å². The van der Waals surface area contributed by atoms with Crippen molar-refractivity contribution in [2.45, 2.75) is 25.9 Å². The molecule has 142 valence electrons. The Morgan fingerprint density at radius 3 is 2.81 bits per heavy atom. The van der Waals surface area contributed by atoms with Crippen molar-refractivity contribution < 1.29 is 19.2 Å². The number of amides is 1. The van der Waals surface area contributed by atoms with Crippen LogP contribution in [-0.2, 0) is 9.47 Å². The van der Waals surface area contributed by atoms with E-state index < -0.39 is 4.92 Å². The van der Waals surface area contributed by atoms with E-state index in [1.807, 2.05) is 6.92 Å². The van der Waals surface area contributed by atoms with Gasteiger partial charge in [-0.2, -0.15) is 0 Å². The third-order valence-corrected chi connectivity index (χ3v) is 4.84. The highest BCUT2D eigenvalue weighted by molar-refractivity contribution is 6.00. The molecule has 26 heavy (non-hydrogen) atoms. The van der Waals surface area contributed by atoms with Crippen molar-refractivity contribution in [2.24, 2.45) is 0 Å². The summed E-state index contributed by atoms with van der Waals surface area (Å²) in [5.41, 5.74) is 1.06. The van der Waals surface area contributed by atoms with E-state index in [0.29, 0.717) is 51.6 Å². The van der Waals surface area contributed by atoms with Gasteiger partial charge in [-0.15, -0.1) is 0 Å². The number of anilines is 1. The molecule has 0 aliphatic carbocycles. The second kappa shape index (κ2) is 8.46. The van der Waals surface area contributed by atoms with Gasteiger partial charge in [0.05, 0.1) is 35.5 Å². The van der Waals surface area contributed by atoms with Gasteiger partial charge < -0.3 is 19.3 Å². The summed E-state index contributed by atoms with van der Waals surface area (Å²) in [6.45, 7) is 6.23. The minimum atomic E-state index is -0.459. The van der Waals surface area contributed by atoms with E-state index in [-0.39, 0.29) is 17.7 Å². The largest absolute Gasteiger partial charge is 0.378 e. The molecule has 1 atom stereocenters. The Morgan fingerprint density at radius 2 is 2.12 bits per heavy atom. The van der Waals surface area contributed by atoms with E-state index in [9.17, 15) is 14.9 Å². The average Bonchev–Trinajstić information content (AvgIpc) is 2.68. The highest BCUT2D eigenvalue weighted by atomic mass is 16.6. The number of carbonyl (C=O) groups excluding carboxylic acids is 1. The smallest absolute Gasteiger partial charge is 0.270 e. The lowest BCUT2D eigenvalue weighted by Gasteiger charge is -2.34. The van der Waals surface area contributed by atoms with Crippen LogP contribution in [0.3, 0.4) is 0 Å². The van der Waals surface area contributed by atoms with Crippen molar-refractivity contribution in [1.29, 1.82) is 0 Å². The number of hydrogen-bond donors (Lipinski definition) is 0. The zero-order valence-corrected chi connectivity index (χ0v) is 15.1. The van der Waals surface area contributed by atoms with Crippen LogP contribution in [0.15, 0.2) is 18.2 Å². The van der Waals surface area contributed by atoms with Crippen molar-refractivity contribution in [2.75, 3.05) is 50.9 Å². The Hall–Kier alpha value is -2.19. The van der Waals surface area contributed by atoms with E-state index in [1.54, 1.807) is 11.0 Å². The van der Waals surface area contributed by atoms with Crippen LogP contribution >= 0.6 is 0 Å². The first-order chi connectivity index (χ1) is 12.6. The van der Waals surface area contributed by atoms with Crippen LogP contribution in [0.4, 0.5) is 11.4 Å². The number of morpholine rings is 1. The highest BCUT2D eigenvalue weighted by Gasteiger charge is 2.29. The number of non-ortho nitro benzene ring substituents is 1. The maximum Gasteiger partial charge on any atom is 0.270 e. The van der Waals surface area contributed by atoms with Gasteiger partial charge in [0.15, 0.2) is 0 Å². The lowest BCUT2D eigenvalue weighted by molar-refractivity contribution is -0.384. The fraction of sp³-hybridized carbons (Fsp3) is 0.611. The van der Waals surface area contributed by atoms with Crippen LogP contribution < -0.4 is 4.90 Å². The van der Waals surface area contributed by atoms with Crippen molar-refractivity contribution in [1.82, 2.24) is 4.90 Å². The second-order valence-electron chi connectivity index (χ2n) is 6.53. The number of hydrogen-bond acceptors (Lipinski definition) is 6. The first-order valence-electron chi connectivity index (χ1n) is 9.12. The van der Waals surface area contributed by atoms with E-state index in [0.717, 1.165) is 18.5 Å². The molecule has 1 unspecified atom stereocenters. The number of benzene rings is 1. The monoisotopic (exact) mass is 363 g/mol. The quantitative estimate of drug-likeness (QED) is 0.588. The number of piperidine rings is 1. The van der Waals surface area contributed by atoms with Crippen LogP contribution in [0.2, 0.25) is 0 Å². The number of nitro groups is 1. The Balaban J connectivity index is 1.88. The molecule has 8 heteroatoms. The van der Waals surface area contributed by atoms with Gasteiger partial charge in [0.2, 0.25) is 0 Å². The van der Waals surface area contributed by atoms with Gasteiger partial charge in [0.1, 0.15) is 0 Å². The van der Waals surface area contributed by atoms with Gasteiger partial charge in [-0.25, -0.2) is 0 Å². The molecular weight excluding hydrogens is 338 g/mol. The Morgan fingerprint density at radius 1 is 1.35 bits per heavy atom. The third-order valence-electron chi connectivity index (χ3n) is 4.84. The SMILES string of the molecule is CCOC1CCCN(C(=O)c2cc([N+](=O)[O-])ccc2N2CCOCC2)C1. The summed E-state index contributed by atoms with van der Waals surface area (Å²) in [5, 5.41) is 11.2. The molecule has 2 fully saturated rings. The molecule has 3 rings (SSSR count). The zero-order valence-electron chi connectivity index (χ0n) is 15.1. The molecule has 0 saturated carbocycles. The summed E-state index contributed by atoms with van der Waals surface area (Å²) in [6.07, 6.45) is 1.84. The third kappa shape index (κ3) is 4.13. The lowest BCUT2D eigenvalue weighted by Crippen LogP contribution is -2.44. The van der Waals surface area contributed by atoms with Crippen LogP contribution in [0.25, 0.3) is 0 Å². The summed E-state index contributed by atoms with van der Waals surface area (Å²) in [7, 11) is 0. The second-order valence-corrected chi connectivity index (χ2v) is 6.53. The van der Waals surface area contributed by atoms with E-state index in [2.05, 4.69) is 4.90 Å². The van der Waals surface area contributed by atoms with Gasteiger partial charge in [-0.05, 0) is 25.8 Å². The van der Waals surface area contributed by atoms with Crippen LogP contribution in [0.5, 0.6) is 0 Å². The van der Waals surface area contributed by atoms with Crippen LogP contribution in [0, 0.1) is 10.1 Å². The number of nitro benzene ring substituents is 1. The molecule has 0 bridgehead atoms. The van der Waals surface area contributed by atoms with Crippen molar-refractivity contribution >= 4 is 17.3 Å². The van der Waals surface area contributed by atoms with E-state index >= 15 is 0 Å². The Labute approximate surface area is 152 Å². The predicted molar refractivity (Wildman–Crippen MR) is 96.7 cm³/mol. The number of likely N-dealkylation sites (tertiary alicyclic amines) is 1. The van der Waals surface area contributed by atoms with E-state index in [4.69, 9.17) is 9.47 Å². The first kappa shape index (κ1) is 18.6. The fourth-order valence-corrected chi connectivity index (χ4v) is 3.55. The highest BCUT2D eigenvalue weighted by Crippen LogP contribution is 2.28. The van der Waals surface area contributed by atoms with Crippen molar-refractivity contribution in [3.8, 4) is 0 Å². The van der Waals surface area contributed by atoms with Crippen LogP contribution in [-0.4, -0.2) is 67.8 Å². The van der Waals surface area contributed by atoms with Crippen LogP contribution in [0.1, 0.15) is 30.1 Å². The topological polar surface area (TPSA) is 85.1 Å². The van der Waals surface area contributed by atoms with Gasteiger partial charge in [0, 0.05) is 44.9 Å². The van der Waals surface area contributed by atoms with Gasteiger partial charge >= 0.3 is 0 Å². The van der Waals surface area contributed by atoms with E-state index in [1.165, 1.54) is 12.1 Å². The summed E-state index contributed by atoms with van der Waals surface area (Å²) < 4.78 is 11.1. The summed E-state index contributed by atoms with van der Waals surface area (Å²) >= 11 is 0. The maximum absolute atomic E-state index is 13.2. The molecule has 2 aliphatic rings. The van der Waals surface area contributed by atoms with Gasteiger partial charge in [-0.3, -0.25) is 14.9 Å². The fourth-order valence-electron chi connectivity index (χ4n) is 3.55. The summed E-state index contributed by atoms with van der Waals surface area (Å²) in [4.78, 5) is 27.7. The Kier molecular flexibility index (Phi) is 6.05. The molecule has 1 aromatic rings. The molecule has 2 aliphatic heterocycles. The standard InChI is InChI=1S/C18H25N3O5/c1-2-26-15-4-3-7-20(13-15)18(22)16-12-14(21(23)24)5-6-17(16)19-8-10-25-11-9-19/h5-6,12,15H,2-4,7-11,13H2,1H3. The number of nitrogens with zero attached hydrogens (tertiary/aromatic N) is 3. The first-order valence-corrected chi connectivity index (χ1v) is 9.12. The van der Waals surface area contributed by atoms with Gasteiger partial charge in [0.25, 0.3) is 11.6 Å². The number of rotatable bonds is 5. The molecule has 0 N–H and O–H groups in total. The molecule has 1 aromatic carbocycles. The molecule has 8 nitrogen and oxygen atoms in total. The molecule has 0 spiro atoms. The molecule has 0 radical (unpaired) electrons. The molecule has 2 saturated heterocycles. The van der Waals surface area contributed by atoms with Gasteiger partial charge in [-0.1, -0.05) is 0 Å². The molecule has 1 amide bonds. The zero-order chi connectivity index (χ0) is 18.5. The normalized spacial score (nSPS) is 20.9.